The van der Waals surface area contributed by atoms with E-state index in [1.54, 1.807) is 0 Å². The molecule has 8 nitrogen and oxygen atoms in total. The van der Waals surface area contributed by atoms with E-state index in [1.165, 1.54) is 17.1 Å². The lowest BCUT2D eigenvalue weighted by atomic mass is 9.95. The van der Waals surface area contributed by atoms with E-state index in [-0.39, 0.29) is 12.5 Å². The van der Waals surface area contributed by atoms with Gasteiger partial charge in [0.1, 0.15) is 6.54 Å². The van der Waals surface area contributed by atoms with Crippen molar-refractivity contribution >= 4 is 23.5 Å². The molecule has 8 heteroatoms. The van der Waals surface area contributed by atoms with Gasteiger partial charge < -0.3 is 16.2 Å². The predicted molar refractivity (Wildman–Crippen MR) is 68.5 cm³/mol. The van der Waals surface area contributed by atoms with Crippen LogP contribution in [0.2, 0.25) is 0 Å². The van der Waals surface area contributed by atoms with Gasteiger partial charge in [-0.25, -0.2) is 0 Å². The van der Waals surface area contributed by atoms with Crippen LogP contribution < -0.4 is 11.1 Å². The minimum atomic E-state index is -0.938. The normalized spacial score (nSPS) is 21.6. The van der Waals surface area contributed by atoms with Crippen LogP contribution in [-0.4, -0.2) is 32.7 Å². The Kier molecular flexibility index (Phi) is 4.02. The second-order valence-corrected chi connectivity index (χ2v) is 4.86. The van der Waals surface area contributed by atoms with E-state index in [0.29, 0.717) is 18.5 Å². The summed E-state index contributed by atoms with van der Waals surface area (Å²) in [5.74, 6) is -2.95. The Bertz CT molecular complexity index is 539. The number of amides is 2. The molecule has 0 saturated heterocycles. The maximum atomic E-state index is 12.1. The Labute approximate surface area is 114 Å². The topological polar surface area (TPSA) is 127 Å². The van der Waals surface area contributed by atoms with Crippen LogP contribution in [0.3, 0.4) is 0 Å². The van der Waals surface area contributed by atoms with Crippen LogP contribution >= 0.6 is 0 Å². The molecule has 1 saturated carbocycles. The van der Waals surface area contributed by atoms with E-state index < -0.39 is 23.7 Å². The smallest absolute Gasteiger partial charge is 0.307 e. The fourth-order valence-corrected chi connectivity index (χ4v) is 2.48. The maximum absolute atomic E-state index is 12.1. The van der Waals surface area contributed by atoms with Gasteiger partial charge in [0, 0.05) is 6.20 Å². The average Bonchev–Trinajstić information content (AvgIpc) is 2.96. The lowest BCUT2D eigenvalue weighted by Gasteiger charge is -2.14. The van der Waals surface area contributed by atoms with Crippen molar-refractivity contribution in [2.75, 3.05) is 5.32 Å². The van der Waals surface area contributed by atoms with Crippen molar-refractivity contribution in [1.29, 1.82) is 0 Å². The molecule has 4 N–H and O–H groups in total. The molecule has 2 rings (SSSR count). The summed E-state index contributed by atoms with van der Waals surface area (Å²) in [6.45, 7) is -0.0724. The highest BCUT2D eigenvalue weighted by Crippen LogP contribution is 2.32. The molecule has 0 aromatic carbocycles. The Morgan fingerprint density at radius 2 is 2.10 bits per heavy atom. The molecule has 2 atom stereocenters. The summed E-state index contributed by atoms with van der Waals surface area (Å²) in [5, 5.41) is 15.6. The number of carbonyl (C=O) groups is 3. The lowest BCUT2D eigenvalue weighted by molar-refractivity contribution is -0.145. The van der Waals surface area contributed by atoms with Gasteiger partial charge in [-0.3, -0.25) is 19.1 Å². The number of hydrogen-bond acceptors (Lipinski definition) is 4. The Morgan fingerprint density at radius 3 is 2.75 bits per heavy atom. The molecule has 1 aliphatic carbocycles. The van der Waals surface area contributed by atoms with Crippen molar-refractivity contribution in [3.05, 3.63) is 12.4 Å². The van der Waals surface area contributed by atoms with E-state index in [0.717, 1.165) is 6.42 Å². The van der Waals surface area contributed by atoms with Crippen molar-refractivity contribution in [3.8, 4) is 0 Å². The summed E-state index contributed by atoms with van der Waals surface area (Å²) in [4.78, 5) is 33.8. The molecular weight excluding hydrogens is 264 g/mol. The van der Waals surface area contributed by atoms with Gasteiger partial charge in [-0.2, -0.15) is 5.10 Å². The number of anilines is 1. The zero-order valence-corrected chi connectivity index (χ0v) is 10.8. The summed E-state index contributed by atoms with van der Waals surface area (Å²) < 4.78 is 1.31. The molecule has 0 spiro atoms. The molecule has 1 heterocycles. The number of nitrogens with two attached hydrogens (primary N) is 1. The molecule has 1 aromatic heterocycles. The van der Waals surface area contributed by atoms with Gasteiger partial charge in [0.05, 0.1) is 23.7 Å². The molecule has 0 bridgehead atoms. The molecule has 0 unspecified atom stereocenters. The van der Waals surface area contributed by atoms with Crippen LogP contribution in [0.15, 0.2) is 12.4 Å². The van der Waals surface area contributed by atoms with Crippen molar-refractivity contribution in [3.63, 3.8) is 0 Å². The molecule has 20 heavy (non-hydrogen) atoms. The zero-order valence-electron chi connectivity index (χ0n) is 10.8. The highest BCUT2D eigenvalue weighted by Gasteiger charge is 2.37. The van der Waals surface area contributed by atoms with Crippen molar-refractivity contribution in [2.24, 2.45) is 17.6 Å². The largest absolute Gasteiger partial charge is 0.481 e. The zero-order chi connectivity index (χ0) is 14.7. The second-order valence-electron chi connectivity index (χ2n) is 4.86. The van der Waals surface area contributed by atoms with Crippen LogP contribution in [0.5, 0.6) is 0 Å². The van der Waals surface area contributed by atoms with Crippen LogP contribution in [0, 0.1) is 11.8 Å². The number of aliphatic carboxylic acids is 1. The van der Waals surface area contributed by atoms with E-state index >= 15 is 0 Å². The van der Waals surface area contributed by atoms with E-state index in [2.05, 4.69) is 10.4 Å². The van der Waals surface area contributed by atoms with Crippen molar-refractivity contribution in [1.82, 2.24) is 9.78 Å². The molecule has 1 aromatic rings. The number of hydrogen-bond donors (Lipinski definition) is 3. The Morgan fingerprint density at radius 1 is 1.40 bits per heavy atom. The fraction of sp³-hybridized carbons (Fsp3) is 0.500. The highest BCUT2D eigenvalue weighted by atomic mass is 16.4. The number of carbonyl (C=O) groups excluding carboxylic acids is 2. The minimum absolute atomic E-state index is 0.0724. The third kappa shape index (κ3) is 3.14. The molecule has 2 amide bonds. The molecule has 0 radical (unpaired) electrons. The van der Waals surface area contributed by atoms with E-state index in [4.69, 9.17) is 10.8 Å². The van der Waals surface area contributed by atoms with Gasteiger partial charge in [0.2, 0.25) is 11.8 Å². The van der Waals surface area contributed by atoms with Crippen LogP contribution in [0.25, 0.3) is 0 Å². The first-order valence-electron chi connectivity index (χ1n) is 6.32. The van der Waals surface area contributed by atoms with E-state index in [1.807, 2.05) is 0 Å². The number of rotatable bonds is 5. The monoisotopic (exact) mass is 280 g/mol. The lowest BCUT2D eigenvalue weighted by Crippen LogP contribution is -2.29. The van der Waals surface area contributed by atoms with Gasteiger partial charge >= 0.3 is 5.97 Å². The van der Waals surface area contributed by atoms with Gasteiger partial charge in [0.25, 0.3) is 0 Å². The van der Waals surface area contributed by atoms with Crippen LogP contribution in [0.1, 0.15) is 19.3 Å². The Balaban J connectivity index is 1.99. The number of aromatic nitrogens is 2. The van der Waals surface area contributed by atoms with Gasteiger partial charge in [-0.1, -0.05) is 6.42 Å². The second kappa shape index (κ2) is 5.72. The summed E-state index contributed by atoms with van der Waals surface area (Å²) in [5.41, 5.74) is 5.46. The summed E-state index contributed by atoms with van der Waals surface area (Å²) in [7, 11) is 0. The fourth-order valence-electron chi connectivity index (χ4n) is 2.48. The SMILES string of the molecule is NC(=O)Cn1cc(NC(=O)[C@@H]2CCC[C@@H]2C(=O)O)cn1. The molecule has 0 aliphatic heterocycles. The van der Waals surface area contributed by atoms with E-state index in [9.17, 15) is 14.4 Å². The first kappa shape index (κ1) is 14.0. The highest BCUT2D eigenvalue weighted by molar-refractivity contribution is 5.95. The minimum Gasteiger partial charge on any atom is -0.481 e. The standard InChI is InChI=1S/C12H16N4O4/c13-10(17)6-16-5-7(4-14-16)15-11(18)8-2-1-3-9(8)12(19)20/h4-5,8-9H,1-3,6H2,(H2,13,17)(H,15,18)(H,19,20)/t8-,9+/m1/s1. The molecular formula is C12H16N4O4. The maximum Gasteiger partial charge on any atom is 0.307 e. The third-order valence-corrected chi connectivity index (χ3v) is 3.39. The number of carboxylic acid groups (broad SMARTS) is 1. The number of carboxylic acids is 1. The van der Waals surface area contributed by atoms with Gasteiger partial charge in [-0.15, -0.1) is 0 Å². The first-order valence-corrected chi connectivity index (χ1v) is 6.32. The number of primary amides is 1. The molecule has 108 valence electrons. The van der Waals surface area contributed by atoms with Gasteiger partial charge in [-0.05, 0) is 12.8 Å². The van der Waals surface area contributed by atoms with Crippen LogP contribution in [0.4, 0.5) is 5.69 Å². The van der Waals surface area contributed by atoms with Gasteiger partial charge in [0.15, 0.2) is 0 Å². The van der Waals surface area contributed by atoms with Crippen LogP contribution in [-0.2, 0) is 20.9 Å². The number of nitrogens with zero attached hydrogens (tertiary/aromatic N) is 2. The molecule has 1 aliphatic rings. The molecule has 1 fully saturated rings. The summed E-state index contributed by atoms with van der Waals surface area (Å²) in [6, 6.07) is 0. The number of nitrogens with one attached hydrogen (secondary N) is 1. The van der Waals surface area contributed by atoms with Crippen molar-refractivity contribution in [2.45, 2.75) is 25.8 Å². The quantitative estimate of drug-likeness (QED) is 0.688. The third-order valence-electron chi connectivity index (χ3n) is 3.39. The summed E-state index contributed by atoms with van der Waals surface area (Å²) in [6.07, 6.45) is 4.70. The Hall–Kier alpha value is -2.38. The first-order chi connectivity index (χ1) is 9.47. The summed E-state index contributed by atoms with van der Waals surface area (Å²) >= 11 is 0. The average molecular weight is 280 g/mol. The van der Waals surface area contributed by atoms with Crippen molar-refractivity contribution < 1.29 is 19.5 Å². The predicted octanol–water partition coefficient (Wildman–Crippen LogP) is -0.192.